The summed E-state index contributed by atoms with van der Waals surface area (Å²) in [5, 5.41) is 11.3. The number of rotatable bonds is 4. The van der Waals surface area contributed by atoms with E-state index >= 15 is 0 Å². The number of ether oxygens (including phenoxy) is 1. The summed E-state index contributed by atoms with van der Waals surface area (Å²) in [7, 11) is 0. The second-order valence-electron chi connectivity index (χ2n) is 3.64. The summed E-state index contributed by atoms with van der Waals surface area (Å²) in [5.74, 6) is 0.479. The fraction of sp³-hybridized carbons (Fsp3) is 0.500. The highest BCUT2D eigenvalue weighted by molar-refractivity contribution is 5.88. The zero-order valence-corrected chi connectivity index (χ0v) is 10.4. The van der Waals surface area contributed by atoms with E-state index in [1.165, 1.54) is 4.68 Å². The highest BCUT2D eigenvalue weighted by Crippen LogP contribution is 2.08. The van der Waals surface area contributed by atoms with Crippen molar-refractivity contribution >= 4 is 5.97 Å². The number of hydrogen-bond acceptors (Lipinski definition) is 7. The molecule has 96 valence electrons. The van der Waals surface area contributed by atoms with E-state index in [0.29, 0.717) is 24.0 Å². The van der Waals surface area contributed by atoms with Crippen molar-refractivity contribution in [1.29, 1.82) is 0 Å². The molecule has 0 aliphatic rings. The first-order chi connectivity index (χ1) is 8.61. The number of aryl methyl sites for hydroxylation is 1. The summed E-state index contributed by atoms with van der Waals surface area (Å²) >= 11 is 0. The van der Waals surface area contributed by atoms with Crippen molar-refractivity contribution in [2.45, 2.75) is 27.3 Å². The average molecular weight is 251 g/mol. The van der Waals surface area contributed by atoms with E-state index in [-0.39, 0.29) is 12.2 Å². The van der Waals surface area contributed by atoms with Gasteiger partial charge >= 0.3 is 5.97 Å². The zero-order chi connectivity index (χ0) is 13.1. The number of aromatic nitrogens is 5. The van der Waals surface area contributed by atoms with E-state index in [1.807, 2.05) is 0 Å². The van der Waals surface area contributed by atoms with Crippen LogP contribution >= 0.6 is 0 Å². The van der Waals surface area contributed by atoms with Crippen molar-refractivity contribution in [3.63, 3.8) is 0 Å². The van der Waals surface area contributed by atoms with E-state index in [4.69, 9.17) is 9.26 Å². The smallest absolute Gasteiger partial charge is 0.360 e. The van der Waals surface area contributed by atoms with Crippen LogP contribution in [0.25, 0.3) is 0 Å². The first-order valence-corrected chi connectivity index (χ1v) is 5.48. The minimum absolute atomic E-state index is 0.202. The molecule has 2 aromatic heterocycles. The van der Waals surface area contributed by atoms with Crippen molar-refractivity contribution in [3.8, 4) is 0 Å². The molecular weight excluding hydrogens is 238 g/mol. The highest BCUT2D eigenvalue weighted by atomic mass is 16.5. The first-order valence-electron chi connectivity index (χ1n) is 5.48. The summed E-state index contributed by atoms with van der Waals surface area (Å²) in [4.78, 5) is 15.6. The molecule has 8 nitrogen and oxygen atoms in total. The molecular formula is C10H13N5O3. The van der Waals surface area contributed by atoms with Gasteiger partial charge in [-0.2, -0.15) is 4.98 Å². The second kappa shape index (κ2) is 4.94. The van der Waals surface area contributed by atoms with Crippen LogP contribution in [-0.2, 0) is 11.3 Å². The predicted molar refractivity (Wildman–Crippen MR) is 58.9 cm³/mol. The van der Waals surface area contributed by atoms with E-state index in [9.17, 15) is 4.79 Å². The van der Waals surface area contributed by atoms with Crippen LogP contribution in [0.3, 0.4) is 0 Å². The summed E-state index contributed by atoms with van der Waals surface area (Å²) in [6, 6.07) is 0. The molecule has 0 atom stereocenters. The monoisotopic (exact) mass is 251 g/mol. The van der Waals surface area contributed by atoms with Gasteiger partial charge in [0, 0.05) is 0 Å². The molecule has 0 N–H and O–H groups in total. The van der Waals surface area contributed by atoms with Gasteiger partial charge in [0.05, 0.1) is 12.3 Å². The molecule has 0 aromatic carbocycles. The van der Waals surface area contributed by atoms with Crippen LogP contribution in [0.5, 0.6) is 0 Å². The Morgan fingerprint density at radius 1 is 1.44 bits per heavy atom. The number of hydrogen-bond donors (Lipinski definition) is 0. The van der Waals surface area contributed by atoms with Crippen molar-refractivity contribution in [1.82, 2.24) is 25.1 Å². The molecule has 0 spiro atoms. The van der Waals surface area contributed by atoms with Crippen molar-refractivity contribution in [3.05, 3.63) is 23.1 Å². The van der Waals surface area contributed by atoms with Gasteiger partial charge in [-0.15, -0.1) is 5.10 Å². The fourth-order valence-electron chi connectivity index (χ4n) is 1.43. The van der Waals surface area contributed by atoms with Gasteiger partial charge in [0.2, 0.25) is 5.89 Å². The van der Waals surface area contributed by atoms with Gasteiger partial charge < -0.3 is 9.26 Å². The maximum Gasteiger partial charge on any atom is 0.360 e. The minimum Gasteiger partial charge on any atom is -0.461 e. The van der Waals surface area contributed by atoms with Crippen molar-refractivity contribution in [2.24, 2.45) is 0 Å². The summed E-state index contributed by atoms with van der Waals surface area (Å²) in [5.41, 5.74) is 0.803. The van der Waals surface area contributed by atoms with Gasteiger partial charge in [-0.1, -0.05) is 10.4 Å². The Morgan fingerprint density at radius 3 is 2.83 bits per heavy atom. The third kappa shape index (κ3) is 2.36. The highest BCUT2D eigenvalue weighted by Gasteiger charge is 2.18. The first kappa shape index (κ1) is 12.2. The fourth-order valence-corrected chi connectivity index (χ4v) is 1.43. The molecule has 0 saturated carbocycles. The maximum absolute atomic E-state index is 11.5. The summed E-state index contributed by atoms with van der Waals surface area (Å²) in [6.07, 6.45) is 0. The lowest BCUT2D eigenvalue weighted by atomic mass is 10.3. The van der Waals surface area contributed by atoms with Gasteiger partial charge in [-0.25, -0.2) is 9.48 Å². The van der Waals surface area contributed by atoms with Crippen molar-refractivity contribution < 1.29 is 14.1 Å². The Labute approximate surface area is 103 Å². The maximum atomic E-state index is 11.5. The lowest BCUT2D eigenvalue weighted by Crippen LogP contribution is -2.09. The number of nitrogens with zero attached hydrogens (tertiary/aromatic N) is 5. The largest absolute Gasteiger partial charge is 0.461 e. The summed E-state index contributed by atoms with van der Waals surface area (Å²) < 4.78 is 11.4. The molecule has 0 radical (unpaired) electrons. The van der Waals surface area contributed by atoms with Crippen molar-refractivity contribution in [2.75, 3.05) is 6.61 Å². The van der Waals surface area contributed by atoms with Crippen LogP contribution in [0, 0.1) is 13.8 Å². The number of esters is 1. The van der Waals surface area contributed by atoms with Crippen LogP contribution in [0.4, 0.5) is 0 Å². The molecule has 2 heterocycles. The Balaban J connectivity index is 2.18. The zero-order valence-electron chi connectivity index (χ0n) is 10.4. The van der Waals surface area contributed by atoms with E-state index in [0.717, 1.165) is 0 Å². The van der Waals surface area contributed by atoms with Crippen LogP contribution in [0.1, 0.15) is 34.8 Å². The molecule has 0 aliphatic carbocycles. The van der Waals surface area contributed by atoms with Gasteiger partial charge in [-0.05, 0) is 20.8 Å². The molecule has 0 unspecified atom stereocenters. The predicted octanol–water partition coefficient (Wildman–Crippen LogP) is 0.503. The minimum atomic E-state index is -0.483. The SMILES string of the molecule is CCOC(=O)c1nnn(Cc2nc(C)no2)c1C. The van der Waals surface area contributed by atoms with Crippen LogP contribution in [0.2, 0.25) is 0 Å². The third-order valence-electron chi connectivity index (χ3n) is 2.31. The Kier molecular flexibility index (Phi) is 3.35. The van der Waals surface area contributed by atoms with Gasteiger partial charge in [-0.3, -0.25) is 0 Å². The molecule has 18 heavy (non-hydrogen) atoms. The standard InChI is InChI=1S/C10H13N5O3/c1-4-17-10(16)9-6(2)15(14-12-9)5-8-11-7(3)13-18-8/h4-5H2,1-3H3. The molecule has 2 aromatic rings. The second-order valence-corrected chi connectivity index (χ2v) is 3.64. The Hall–Kier alpha value is -2.25. The topological polar surface area (TPSA) is 95.9 Å². The Bertz CT molecular complexity index is 560. The lowest BCUT2D eigenvalue weighted by molar-refractivity contribution is 0.0518. The molecule has 8 heteroatoms. The van der Waals surface area contributed by atoms with Crippen LogP contribution < -0.4 is 0 Å². The number of carbonyl (C=O) groups excluding carboxylic acids is 1. The normalized spacial score (nSPS) is 10.6. The van der Waals surface area contributed by atoms with Crippen LogP contribution in [-0.4, -0.2) is 37.7 Å². The molecule has 0 aliphatic heterocycles. The lowest BCUT2D eigenvalue weighted by Gasteiger charge is -2.00. The third-order valence-corrected chi connectivity index (χ3v) is 2.31. The van der Waals surface area contributed by atoms with E-state index < -0.39 is 5.97 Å². The quantitative estimate of drug-likeness (QED) is 0.730. The molecule has 2 rings (SSSR count). The average Bonchev–Trinajstić information content (AvgIpc) is 2.88. The van der Waals surface area contributed by atoms with E-state index in [2.05, 4.69) is 20.5 Å². The number of carbonyl (C=O) groups is 1. The van der Waals surface area contributed by atoms with Crippen LogP contribution in [0.15, 0.2) is 4.52 Å². The van der Waals surface area contributed by atoms with Gasteiger partial charge in [0.1, 0.15) is 6.54 Å². The molecule has 0 bridgehead atoms. The Morgan fingerprint density at radius 2 is 2.22 bits per heavy atom. The summed E-state index contributed by atoms with van der Waals surface area (Å²) in [6.45, 7) is 5.77. The van der Waals surface area contributed by atoms with E-state index in [1.54, 1.807) is 20.8 Å². The van der Waals surface area contributed by atoms with Gasteiger partial charge in [0.25, 0.3) is 0 Å². The van der Waals surface area contributed by atoms with Gasteiger partial charge in [0.15, 0.2) is 11.5 Å². The molecule has 0 fully saturated rings. The molecule has 0 amide bonds. The molecule has 0 saturated heterocycles.